The maximum Gasteiger partial charge on any atom is 0.246 e. The van der Waals surface area contributed by atoms with Crippen molar-refractivity contribution in [2.24, 2.45) is 0 Å². The van der Waals surface area contributed by atoms with E-state index in [0.29, 0.717) is 17.8 Å². The van der Waals surface area contributed by atoms with E-state index in [0.717, 1.165) is 5.39 Å². The summed E-state index contributed by atoms with van der Waals surface area (Å²) in [5, 5.41) is 9.69. The first-order chi connectivity index (χ1) is 8.22. The molecule has 0 spiro atoms. The van der Waals surface area contributed by atoms with Crippen LogP contribution in [-0.2, 0) is 4.79 Å². The van der Waals surface area contributed by atoms with Gasteiger partial charge in [0.15, 0.2) is 5.75 Å². The molecule has 86 valence electrons. The van der Waals surface area contributed by atoms with Crippen molar-refractivity contribution in [1.82, 2.24) is 0 Å². The summed E-state index contributed by atoms with van der Waals surface area (Å²) in [5.74, 6) is 0.621. The van der Waals surface area contributed by atoms with E-state index in [1.807, 2.05) is 24.3 Å². The van der Waals surface area contributed by atoms with Crippen molar-refractivity contribution < 1.29 is 13.9 Å². The highest BCUT2D eigenvalue weighted by atomic mass is 16.5. The number of carbonyl (C=O) groups excluding carboxylic acids is 1. The fraction of sp³-hybridized carbons (Fsp3) is 0.231. The van der Waals surface area contributed by atoms with E-state index in [1.54, 1.807) is 6.07 Å². The summed E-state index contributed by atoms with van der Waals surface area (Å²) in [6.07, 6.45) is 0.324. The zero-order valence-corrected chi connectivity index (χ0v) is 9.40. The topological polar surface area (TPSA) is 63.2 Å². The van der Waals surface area contributed by atoms with Crippen LogP contribution in [0.15, 0.2) is 28.7 Å². The number of Topliss-reactive ketones (excluding diaryl/α,β-unsaturated/α-hetero) is 1. The van der Waals surface area contributed by atoms with Gasteiger partial charge in [0.25, 0.3) is 0 Å². The zero-order valence-electron chi connectivity index (χ0n) is 9.40. The number of para-hydroxylation sites is 1. The lowest BCUT2D eigenvalue weighted by molar-refractivity contribution is -0.117. The number of carbonyl (C=O) groups is 1. The largest absolute Gasteiger partial charge is 0.488 e. The first-order valence-corrected chi connectivity index (χ1v) is 5.26. The van der Waals surface area contributed by atoms with E-state index < -0.39 is 0 Å². The number of fused-ring (bicyclic) bond motifs is 1. The molecule has 4 nitrogen and oxygen atoms in total. The summed E-state index contributed by atoms with van der Waals surface area (Å²) < 4.78 is 10.8. The van der Waals surface area contributed by atoms with Gasteiger partial charge in [-0.25, -0.2) is 0 Å². The number of furan rings is 1. The Morgan fingerprint density at radius 1 is 1.47 bits per heavy atom. The second-order valence-electron chi connectivity index (χ2n) is 3.67. The van der Waals surface area contributed by atoms with E-state index in [-0.39, 0.29) is 18.2 Å². The summed E-state index contributed by atoms with van der Waals surface area (Å²) >= 11 is 0. The number of hydrogen-bond acceptors (Lipinski definition) is 4. The van der Waals surface area contributed by atoms with Crippen molar-refractivity contribution in [3.63, 3.8) is 0 Å². The van der Waals surface area contributed by atoms with Gasteiger partial charge in [0.1, 0.15) is 17.4 Å². The molecule has 1 heterocycles. The van der Waals surface area contributed by atoms with Gasteiger partial charge in [-0.05, 0) is 19.1 Å². The lowest BCUT2D eigenvalue weighted by Crippen LogP contribution is -2.02. The van der Waals surface area contributed by atoms with Gasteiger partial charge in [-0.1, -0.05) is 12.1 Å². The maximum atomic E-state index is 10.8. The first-order valence-electron chi connectivity index (χ1n) is 5.26. The molecular weight excluding hydrogens is 218 g/mol. The second-order valence-corrected chi connectivity index (χ2v) is 3.67. The zero-order chi connectivity index (χ0) is 12.3. The van der Waals surface area contributed by atoms with Crippen LogP contribution in [0.2, 0.25) is 0 Å². The van der Waals surface area contributed by atoms with Crippen LogP contribution < -0.4 is 4.74 Å². The molecule has 0 aliphatic rings. The third-order valence-electron chi connectivity index (χ3n) is 2.35. The Labute approximate surface area is 98.4 Å². The lowest BCUT2D eigenvalue weighted by Gasteiger charge is -2.02. The Balaban J connectivity index is 2.31. The Morgan fingerprint density at radius 3 is 2.94 bits per heavy atom. The summed E-state index contributed by atoms with van der Waals surface area (Å²) in [5.41, 5.74) is 0.613. The van der Waals surface area contributed by atoms with Crippen molar-refractivity contribution in [1.29, 1.82) is 5.26 Å². The minimum absolute atomic E-state index is 0.0521. The predicted octanol–water partition coefficient (Wildman–Crippen LogP) is 2.66. The molecule has 4 heteroatoms. The molecule has 0 aliphatic carbocycles. The Kier molecular flexibility index (Phi) is 3.10. The molecule has 0 N–H and O–H groups in total. The van der Waals surface area contributed by atoms with Gasteiger partial charge in [-0.2, -0.15) is 5.26 Å². The van der Waals surface area contributed by atoms with Gasteiger partial charge >= 0.3 is 0 Å². The summed E-state index contributed by atoms with van der Waals surface area (Å²) in [6, 6.07) is 9.21. The molecule has 17 heavy (non-hydrogen) atoms. The van der Waals surface area contributed by atoms with E-state index in [2.05, 4.69) is 0 Å². The van der Waals surface area contributed by atoms with Gasteiger partial charge in [-0.3, -0.25) is 4.79 Å². The highest BCUT2D eigenvalue weighted by Crippen LogP contribution is 2.32. The van der Waals surface area contributed by atoms with Crippen molar-refractivity contribution >= 4 is 16.8 Å². The molecule has 1 aromatic carbocycles. The molecule has 0 radical (unpaired) electrons. The Bertz CT molecular complexity index is 592. The van der Waals surface area contributed by atoms with E-state index in [1.165, 1.54) is 6.92 Å². The third-order valence-corrected chi connectivity index (χ3v) is 2.35. The number of nitrogens with zero attached hydrogens (tertiary/aromatic N) is 1. The highest BCUT2D eigenvalue weighted by Gasteiger charge is 2.14. The monoisotopic (exact) mass is 229 g/mol. The Hall–Kier alpha value is -2.28. The normalized spacial score (nSPS) is 10.1. The summed E-state index contributed by atoms with van der Waals surface area (Å²) in [4.78, 5) is 10.8. The van der Waals surface area contributed by atoms with Gasteiger partial charge in [0.05, 0.1) is 12.0 Å². The van der Waals surface area contributed by atoms with Crippen LogP contribution in [0.25, 0.3) is 11.0 Å². The van der Waals surface area contributed by atoms with Gasteiger partial charge in [0.2, 0.25) is 5.76 Å². The van der Waals surface area contributed by atoms with Crippen LogP contribution in [0.5, 0.6) is 5.75 Å². The lowest BCUT2D eigenvalue weighted by atomic mass is 10.2. The van der Waals surface area contributed by atoms with Gasteiger partial charge in [-0.15, -0.1) is 0 Å². The van der Waals surface area contributed by atoms with Crippen LogP contribution in [0.4, 0.5) is 0 Å². The van der Waals surface area contributed by atoms with E-state index >= 15 is 0 Å². The SMILES string of the molecule is CC(=O)CCOc1c(C#N)oc2ccccc12. The predicted molar refractivity (Wildman–Crippen MR) is 61.7 cm³/mol. The van der Waals surface area contributed by atoms with Crippen LogP contribution in [-0.4, -0.2) is 12.4 Å². The molecule has 0 saturated carbocycles. The van der Waals surface area contributed by atoms with E-state index in [9.17, 15) is 4.79 Å². The molecule has 0 saturated heterocycles. The first kappa shape index (κ1) is 11.2. The third kappa shape index (κ3) is 2.28. The molecule has 2 aromatic rings. The smallest absolute Gasteiger partial charge is 0.246 e. The molecule has 0 amide bonds. The van der Waals surface area contributed by atoms with Crippen molar-refractivity contribution in [2.75, 3.05) is 6.61 Å². The van der Waals surface area contributed by atoms with E-state index in [4.69, 9.17) is 14.4 Å². The van der Waals surface area contributed by atoms with Gasteiger partial charge in [0, 0.05) is 6.42 Å². The average Bonchev–Trinajstić information content (AvgIpc) is 2.67. The van der Waals surface area contributed by atoms with Crippen molar-refractivity contribution in [2.45, 2.75) is 13.3 Å². The number of benzene rings is 1. The molecule has 0 bridgehead atoms. The fourth-order valence-corrected chi connectivity index (χ4v) is 1.54. The van der Waals surface area contributed by atoms with Crippen molar-refractivity contribution in [3.05, 3.63) is 30.0 Å². The Morgan fingerprint density at radius 2 is 2.24 bits per heavy atom. The van der Waals surface area contributed by atoms with Crippen molar-refractivity contribution in [3.8, 4) is 11.8 Å². The number of nitriles is 1. The molecule has 0 unspecified atom stereocenters. The highest BCUT2D eigenvalue weighted by molar-refractivity contribution is 5.86. The summed E-state index contributed by atoms with van der Waals surface area (Å²) in [7, 11) is 0. The number of ketones is 1. The van der Waals surface area contributed by atoms with Crippen LogP contribution >= 0.6 is 0 Å². The quantitative estimate of drug-likeness (QED) is 0.808. The minimum atomic E-state index is 0.0521. The molecule has 0 atom stereocenters. The minimum Gasteiger partial charge on any atom is -0.488 e. The standard InChI is InChI=1S/C13H11NO3/c1-9(15)6-7-16-13-10-4-2-3-5-11(10)17-12(13)8-14/h2-5H,6-7H2,1H3. The number of hydrogen-bond donors (Lipinski definition) is 0. The van der Waals surface area contributed by atoms with Crippen LogP contribution in [0.3, 0.4) is 0 Å². The molecule has 0 aliphatic heterocycles. The van der Waals surface area contributed by atoms with Crippen LogP contribution in [0.1, 0.15) is 19.1 Å². The van der Waals surface area contributed by atoms with Gasteiger partial charge < -0.3 is 9.15 Å². The number of rotatable bonds is 4. The summed E-state index contributed by atoms with van der Waals surface area (Å²) in [6.45, 7) is 1.76. The fourth-order valence-electron chi connectivity index (χ4n) is 1.54. The number of ether oxygens (including phenoxy) is 1. The molecule has 2 rings (SSSR count). The average molecular weight is 229 g/mol. The molecule has 0 fully saturated rings. The molecular formula is C13H11NO3. The maximum absolute atomic E-state index is 10.8. The second kappa shape index (κ2) is 4.71. The van der Waals surface area contributed by atoms with Crippen LogP contribution in [0, 0.1) is 11.3 Å². The molecule has 1 aromatic heterocycles.